The number of ether oxygens (including phenoxy) is 1. The molecule has 1 N–H and O–H groups in total. The summed E-state index contributed by atoms with van der Waals surface area (Å²) in [6.45, 7) is 0. The van der Waals surface area contributed by atoms with Gasteiger partial charge in [0.2, 0.25) is 0 Å². The van der Waals surface area contributed by atoms with Gasteiger partial charge in [0.1, 0.15) is 0 Å². The van der Waals surface area contributed by atoms with Gasteiger partial charge in [-0.1, -0.05) is 0 Å². The highest BCUT2D eigenvalue weighted by molar-refractivity contribution is 5.81. The summed E-state index contributed by atoms with van der Waals surface area (Å²) >= 11 is 0. The summed E-state index contributed by atoms with van der Waals surface area (Å²) in [5.41, 5.74) is 0. The van der Waals surface area contributed by atoms with Gasteiger partial charge in [0, 0.05) is 18.3 Å². The Morgan fingerprint density at radius 3 is 2.90 bits per heavy atom. The van der Waals surface area contributed by atoms with E-state index in [1.54, 1.807) is 6.20 Å². The van der Waals surface area contributed by atoms with Crippen LogP contribution >= 0.6 is 0 Å². The number of carbonyl (C=O) groups excluding carboxylic acids is 1. The Balaban J connectivity index is 2.08. The molecule has 0 amide bonds. The van der Waals surface area contributed by atoms with Crippen molar-refractivity contribution in [3.05, 3.63) is 12.3 Å². The summed E-state index contributed by atoms with van der Waals surface area (Å²) in [4.78, 5) is 10.5. The van der Waals surface area contributed by atoms with E-state index in [1.165, 1.54) is 26.0 Å². The predicted molar refractivity (Wildman–Crippen MR) is 37.3 cm³/mol. The highest BCUT2D eigenvalue weighted by atomic mass is 16.5. The van der Waals surface area contributed by atoms with Crippen LogP contribution in [0.25, 0.3) is 0 Å². The average molecular weight is 141 g/mol. The van der Waals surface area contributed by atoms with Gasteiger partial charge in [-0.25, -0.2) is 4.79 Å². The summed E-state index contributed by atoms with van der Waals surface area (Å²) in [7, 11) is 1.36. The van der Waals surface area contributed by atoms with E-state index in [-0.39, 0.29) is 5.97 Å². The molecule has 1 fully saturated rings. The molecule has 0 aromatic rings. The molecule has 0 spiro atoms. The summed E-state index contributed by atoms with van der Waals surface area (Å²) < 4.78 is 4.39. The van der Waals surface area contributed by atoms with Crippen LogP contribution in [0.5, 0.6) is 0 Å². The van der Waals surface area contributed by atoms with Crippen LogP contribution < -0.4 is 5.32 Å². The van der Waals surface area contributed by atoms with Crippen molar-refractivity contribution in [3.63, 3.8) is 0 Å². The number of nitrogens with one attached hydrogen (secondary N) is 1. The SMILES string of the molecule is COC(=O)/C=C\NC1CC1. The summed E-state index contributed by atoms with van der Waals surface area (Å²) in [6.07, 6.45) is 5.46. The molecule has 1 aliphatic carbocycles. The number of methoxy groups -OCH3 is 1. The van der Waals surface area contributed by atoms with E-state index in [1.807, 2.05) is 0 Å². The molecule has 0 saturated heterocycles. The molecule has 0 radical (unpaired) electrons. The molecule has 10 heavy (non-hydrogen) atoms. The molecule has 3 nitrogen and oxygen atoms in total. The zero-order valence-electron chi connectivity index (χ0n) is 5.96. The minimum Gasteiger partial charge on any atom is -0.466 e. The highest BCUT2D eigenvalue weighted by Crippen LogP contribution is 2.18. The van der Waals surface area contributed by atoms with Gasteiger partial charge in [-0.05, 0) is 12.8 Å². The van der Waals surface area contributed by atoms with Crippen molar-refractivity contribution in [1.29, 1.82) is 0 Å². The molecular weight excluding hydrogens is 130 g/mol. The minimum absolute atomic E-state index is 0.312. The Hall–Kier alpha value is -0.990. The Morgan fingerprint density at radius 2 is 2.40 bits per heavy atom. The van der Waals surface area contributed by atoms with E-state index in [0.29, 0.717) is 6.04 Å². The van der Waals surface area contributed by atoms with E-state index < -0.39 is 0 Å². The Kier molecular flexibility index (Phi) is 2.31. The normalized spacial score (nSPS) is 17.3. The van der Waals surface area contributed by atoms with E-state index in [2.05, 4.69) is 10.1 Å². The second-order valence-electron chi connectivity index (χ2n) is 2.30. The molecule has 3 heteroatoms. The fourth-order valence-electron chi connectivity index (χ4n) is 0.570. The number of hydrogen-bond donors (Lipinski definition) is 1. The first-order valence-electron chi connectivity index (χ1n) is 3.33. The van der Waals surface area contributed by atoms with Gasteiger partial charge in [-0.2, -0.15) is 0 Å². The van der Waals surface area contributed by atoms with Crippen molar-refractivity contribution in [2.45, 2.75) is 18.9 Å². The van der Waals surface area contributed by atoms with Gasteiger partial charge < -0.3 is 10.1 Å². The molecular formula is C7H11NO2. The molecule has 0 bridgehead atoms. The molecule has 1 saturated carbocycles. The molecule has 0 aliphatic heterocycles. The van der Waals surface area contributed by atoms with Crippen molar-refractivity contribution >= 4 is 5.97 Å². The van der Waals surface area contributed by atoms with Crippen molar-refractivity contribution in [3.8, 4) is 0 Å². The third-order valence-electron chi connectivity index (χ3n) is 1.33. The molecule has 1 rings (SSSR count). The lowest BCUT2D eigenvalue weighted by molar-refractivity contribution is -0.134. The Bertz CT molecular complexity index is 150. The van der Waals surface area contributed by atoms with Crippen LogP contribution in [-0.4, -0.2) is 19.1 Å². The van der Waals surface area contributed by atoms with Crippen LogP contribution in [0, 0.1) is 0 Å². The monoisotopic (exact) mass is 141 g/mol. The molecule has 0 aromatic carbocycles. The topological polar surface area (TPSA) is 38.3 Å². The predicted octanol–water partition coefficient (Wildman–Crippen LogP) is 0.425. The fourth-order valence-corrected chi connectivity index (χ4v) is 0.570. The second kappa shape index (κ2) is 3.25. The van der Waals surface area contributed by atoms with E-state index >= 15 is 0 Å². The zero-order chi connectivity index (χ0) is 7.40. The molecule has 0 unspecified atom stereocenters. The van der Waals surface area contributed by atoms with Gasteiger partial charge in [0.15, 0.2) is 0 Å². The van der Waals surface area contributed by atoms with Crippen LogP contribution in [-0.2, 0) is 9.53 Å². The quantitative estimate of drug-likeness (QED) is 0.457. The van der Waals surface area contributed by atoms with Gasteiger partial charge >= 0.3 is 5.97 Å². The van der Waals surface area contributed by atoms with Gasteiger partial charge in [-0.3, -0.25) is 0 Å². The number of hydrogen-bond acceptors (Lipinski definition) is 3. The molecule has 0 heterocycles. The Morgan fingerprint density at radius 1 is 1.70 bits per heavy atom. The number of carbonyl (C=O) groups is 1. The average Bonchev–Trinajstić information content (AvgIpc) is 2.71. The fraction of sp³-hybridized carbons (Fsp3) is 0.571. The summed E-state index contributed by atoms with van der Waals surface area (Å²) in [6, 6.07) is 0.598. The van der Waals surface area contributed by atoms with Crippen LogP contribution in [0.15, 0.2) is 12.3 Å². The van der Waals surface area contributed by atoms with Crippen molar-refractivity contribution in [2.75, 3.05) is 7.11 Å². The number of rotatable bonds is 3. The standard InChI is InChI=1S/C7H11NO2/c1-10-7(9)4-5-8-6-2-3-6/h4-6,8H,2-3H2,1H3/b5-4-. The maximum absolute atomic E-state index is 10.5. The minimum atomic E-state index is -0.312. The second-order valence-corrected chi connectivity index (χ2v) is 2.30. The molecule has 56 valence electrons. The first kappa shape index (κ1) is 7.12. The van der Waals surface area contributed by atoms with Crippen molar-refractivity contribution in [2.24, 2.45) is 0 Å². The first-order valence-corrected chi connectivity index (χ1v) is 3.33. The lowest BCUT2D eigenvalue weighted by atomic mass is 10.6. The summed E-state index contributed by atoms with van der Waals surface area (Å²) in [5.74, 6) is -0.312. The van der Waals surface area contributed by atoms with Gasteiger partial charge in [0.05, 0.1) is 7.11 Å². The first-order chi connectivity index (χ1) is 4.83. The zero-order valence-corrected chi connectivity index (χ0v) is 5.96. The Labute approximate surface area is 60.1 Å². The smallest absolute Gasteiger partial charge is 0.331 e. The van der Waals surface area contributed by atoms with E-state index in [4.69, 9.17) is 0 Å². The maximum atomic E-state index is 10.5. The van der Waals surface area contributed by atoms with Crippen molar-refractivity contribution in [1.82, 2.24) is 5.32 Å². The largest absolute Gasteiger partial charge is 0.466 e. The maximum Gasteiger partial charge on any atom is 0.331 e. The lowest BCUT2D eigenvalue weighted by Gasteiger charge is -1.92. The highest BCUT2D eigenvalue weighted by Gasteiger charge is 2.18. The molecule has 1 aliphatic rings. The molecule has 0 aromatic heterocycles. The van der Waals surface area contributed by atoms with E-state index in [9.17, 15) is 4.79 Å². The third-order valence-corrected chi connectivity index (χ3v) is 1.33. The van der Waals surface area contributed by atoms with Crippen LogP contribution in [0.4, 0.5) is 0 Å². The van der Waals surface area contributed by atoms with E-state index in [0.717, 1.165) is 0 Å². The van der Waals surface area contributed by atoms with Gasteiger partial charge in [0.25, 0.3) is 0 Å². The lowest BCUT2D eigenvalue weighted by Crippen LogP contribution is -2.08. The van der Waals surface area contributed by atoms with Gasteiger partial charge in [-0.15, -0.1) is 0 Å². The van der Waals surface area contributed by atoms with Crippen LogP contribution in [0.1, 0.15) is 12.8 Å². The van der Waals surface area contributed by atoms with Crippen LogP contribution in [0.3, 0.4) is 0 Å². The van der Waals surface area contributed by atoms with Crippen molar-refractivity contribution < 1.29 is 9.53 Å². The third kappa shape index (κ3) is 2.53. The summed E-state index contributed by atoms with van der Waals surface area (Å²) in [5, 5.41) is 3.04. The number of esters is 1. The van der Waals surface area contributed by atoms with Crippen LogP contribution in [0.2, 0.25) is 0 Å². The molecule has 0 atom stereocenters.